The fraction of sp³-hybridized carbons (Fsp3) is 0.593. The second kappa shape index (κ2) is 9.65. The summed E-state index contributed by atoms with van der Waals surface area (Å²) in [6.07, 6.45) is 3.97. The number of ether oxygens (including phenoxy) is 3. The summed E-state index contributed by atoms with van der Waals surface area (Å²) in [5.41, 5.74) is 8.58. The van der Waals surface area contributed by atoms with Crippen LogP contribution in [0.4, 0.5) is 17.3 Å². The number of hydrogen-bond acceptors (Lipinski definition) is 10. The average molecular weight is 556 g/mol. The zero-order valence-electron chi connectivity index (χ0n) is 22.1. The van der Waals surface area contributed by atoms with Crippen molar-refractivity contribution in [2.75, 3.05) is 56.1 Å². The number of morpholine rings is 1. The van der Waals surface area contributed by atoms with Gasteiger partial charge in [-0.05, 0) is 72.9 Å². The molecule has 2 saturated heterocycles. The summed E-state index contributed by atoms with van der Waals surface area (Å²) in [6, 6.07) is 6.20. The number of carbonyl (C=O) groups excluding carboxylic acids is 1. The lowest BCUT2D eigenvalue weighted by Crippen LogP contribution is -2.40. The number of carbonyl (C=O) groups is 1. The molecule has 208 valence electrons. The number of amides is 1. The fourth-order valence-electron chi connectivity index (χ4n) is 7.35. The van der Waals surface area contributed by atoms with Crippen molar-refractivity contribution in [1.29, 1.82) is 0 Å². The van der Waals surface area contributed by atoms with Crippen LogP contribution in [0.15, 0.2) is 18.2 Å². The van der Waals surface area contributed by atoms with Crippen LogP contribution in [0.1, 0.15) is 31.2 Å². The molecule has 6 atom stereocenters. The highest BCUT2D eigenvalue weighted by Gasteiger charge is 2.67. The van der Waals surface area contributed by atoms with Crippen LogP contribution in [0, 0.1) is 17.8 Å². The van der Waals surface area contributed by atoms with E-state index < -0.39 is 5.41 Å². The molecule has 12 heteroatoms. The predicted octanol–water partition coefficient (Wildman–Crippen LogP) is 2.52. The van der Waals surface area contributed by atoms with Crippen LogP contribution in [0.25, 0.3) is 0 Å². The molecule has 0 radical (unpaired) electrons. The zero-order valence-corrected chi connectivity index (χ0v) is 22.9. The van der Waals surface area contributed by atoms with E-state index in [0.717, 1.165) is 55.8 Å². The van der Waals surface area contributed by atoms with E-state index >= 15 is 0 Å². The van der Waals surface area contributed by atoms with Crippen LogP contribution in [0.2, 0.25) is 5.28 Å². The van der Waals surface area contributed by atoms with Gasteiger partial charge in [0.1, 0.15) is 5.75 Å². The lowest BCUT2D eigenvalue weighted by molar-refractivity contribution is -0.118. The van der Waals surface area contributed by atoms with Crippen LogP contribution < -0.4 is 35.9 Å². The minimum absolute atomic E-state index is 0.0405. The SMILES string of the molecule is COc1ccc2c(c1)[C@]1(C[C@H]1C1CCC3C(C1)NNC3Nc1nc(Cl)nc(N3CCOCC3)c1OC)C(=O)N2. The molecule has 4 fully saturated rings. The Bertz CT molecular complexity index is 1290. The van der Waals surface area contributed by atoms with Crippen molar-refractivity contribution in [2.24, 2.45) is 17.8 Å². The number of rotatable bonds is 6. The van der Waals surface area contributed by atoms with Gasteiger partial charge in [-0.1, -0.05) is 0 Å². The third-order valence-electron chi connectivity index (χ3n) is 9.37. The van der Waals surface area contributed by atoms with E-state index in [2.05, 4.69) is 36.4 Å². The van der Waals surface area contributed by atoms with Gasteiger partial charge in [0.15, 0.2) is 11.6 Å². The fourth-order valence-corrected chi connectivity index (χ4v) is 7.52. The number of anilines is 3. The molecule has 39 heavy (non-hydrogen) atoms. The van der Waals surface area contributed by atoms with Gasteiger partial charge in [-0.15, -0.1) is 0 Å². The molecule has 2 aromatic rings. The molecular formula is C27H34ClN7O4. The maximum Gasteiger partial charge on any atom is 0.235 e. The highest BCUT2D eigenvalue weighted by Crippen LogP contribution is 2.65. The third-order valence-corrected chi connectivity index (χ3v) is 9.54. The Labute approximate surface area is 232 Å². The number of benzene rings is 1. The van der Waals surface area contributed by atoms with Crippen molar-refractivity contribution >= 4 is 34.8 Å². The number of halogens is 1. The molecular weight excluding hydrogens is 522 g/mol. The normalized spacial score (nSPS) is 32.9. The van der Waals surface area contributed by atoms with E-state index in [9.17, 15) is 4.79 Å². The highest BCUT2D eigenvalue weighted by molar-refractivity contribution is 6.28. The minimum atomic E-state index is -0.411. The van der Waals surface area contributed by atoms with Crippen molar-refractivity contribution in [2.45, 2.75) is 43.3 Å². The molecule has 4 unspecified atom stereocenters. The first-order chi connectivity index (χ1) is 19.0. The first-order valence-electron chi connectivity index (χ1n) is 13.7. The van der Waals surface area contributed by atoms with Gasteiger partial charge in [0.25, 0.3) is 0 Å². The topological polar surface area (TPSA) is 122 Å². The van der Waals surface area contributed by atoms with E-state index in [0.29, 0.717) is 48.4 Å². The Kier molecular flexibility index (Phi) is 6.22. The molecule has 7 rings (SSSR count). The summed E-state index contributed by atoms with van der Waals surface area (Å²) in [7, 11) is 3.30. The zero-order chi connectivity index (χ0) is 26.7. The number of hydrogen-bond donors (Lipinski definition) is 4. The summed E-state index contributed by atoms with van der Waals surface area (Å²) in [5.74, 6) is 3.95. The Hall–Kier alpha value is -2.86. The number of fused-ring (bicyclic) bond motifs is 3. The molecule has 1 amide bonds. The Morgan fingerprint density at radius 3 is 2.79 bits per heavy atom. The quantitative estimate of drug-likeness (QED) is 0.396. The van der Waals surface area contributed by atoms with E-state index in [1.165, 1.54) is 0 Å². The van der Waals surface area contributed by atoms with Gasteiger partial charge in [-0.3, -0.25) is 10.2 Å². The third kappa shape index (κ3) is 4.09. The first kappa shape index (κ1) is 25.1. The number of hydrazine groups is 1. The van der Waals surface area contributed by atoms with Crippen LogP contribution in [0.3, 0.4) is 0 Å². The van der Waals surface area contributed by atoms with Gasteiger partial charge in [0.05, 0.1) is 39.0 Å². The van der Waals surface area contributed by atoms with E-state index in [1.807, 2.05) is 18.2 Å². The molecule has 4 heterocycles. The van der Waals surface area contributed by atoms with Crippen molar-refractivity contribution in [3.63, 3.8) is 0 Å². The summed E-state index contributed by atoms with van der Waals surface area (Å²) in [4.78, 5) is 24.2. The van der Waals surface area contributed by atoms with Crippen molar-refractivity contribution in [1.82, 2.24) is 20.8 Å². The largest absolute Gasteiger partial charge is 0.497 e. The predicted molar refractivity (Wildman–Crippen MR) is 146 cm³/mol. The summed E-state index contributed by atoms with van der Waals surface area (Å²) < 4.78 is 16.7. The monoisotopic (exact) mass is 555 g/mol. The summed E-state index contributed by atoms with van der Waals surface area (Å²) in [5, 5.41) is 6.85. The van der Waals surface area contributed by atoms with Gasteiger partial charge >= 0.3 is 0 Å². The molecule has 3 aliphatic heterocycles. The van der Waals surface area contributed by atoms with Gasteiger partial charge in [0, 0.05) is 30.7 Å². The van der Waals surface area contributed by atoms with Crippen molar-refractivity contribution in [3.05, 3.63) is 29.0 Å². The van der Waals surface area contributed by atoms with Crippen LogP contribution in [-0.2, 0) is 14.9 Å². The lowest BCUT2D eigenvalue weighted by atomic mass is 9.74. The summed E-state index contributed by atoms with van der Waals surface area (Å²) in [6.45, 7) is 2.71. The number of nitrogens with one attached hydrogen (secondary N) is 4. The van der Waals surface area contributed by atoms with Crippen molar-refractivity contribution < 1.29 is 19.0 Å². The average Bonchev–Trinajstić information content (AvgIpc) is 3.51. The van der Waals surface area contributed by atoms with E-state index in [1.54, 1.807) is 14.2 Å². The summed E-state index contributed by atoms with van der Waals surface area (Å²) >= 11 is 6.36. The maximum absolute atomic E-state index is 13.1. The smallest absolute Gasteiger partial charge is 0.235 e. The van der Waals surface area contributed by atoms with Gasteiger partial charge in [0.2, 0.25) is 16.9 Å². The number of methoxy groups -OCH3 is 2. The molecule has 5 aliphatic rings. The molecule has 2 aliphatic carbocycles. The second-order valence-corrected chi connectivity index (χ2v) is 11.5. The molecule has 1 aromatic carbocycles. The van der Waals surface area contributed by atoms with Crippen molar-refractivity contribution in [3.8, 4) is 11.5 Å². The van der Waals surface area contributed by atoms with Gasteiger partial charge < -0.3 is 29.7 Å². The molecule has 1 aromatic heterocycles. The van der Waals surface area contributed by atoms with Gasteiger partial charge in [-0.25, -0.2) is 5.43 Å². The highest BCUT2D eigenvalue weighted by atomic mass is 35.5. The second-order valence-electron chi connectivity index (χ2n) is 11.2. The van der Waals surface area contributed by atoms with Crippen LogP contribution in [-0.4, -0.2) is 68.6 Å². The molecule has 1 spiro atoms. The lowest BCUT2D eigenvalue weighted by Gasteiger charge is -2.34. The van der Waals surface area contributed by atoms with E-state index in [-0.39, 0.29) is 23.4 Å². The first-order valence-corrected chi connectivity index (χ1v) is 14.1. The Morgan fingerprint density at radius 1 is 1.15 bits per heavy atom. The standard InChI is InChI=1S/C27H34ClN7O4/c1-37-15-4-6-19-17(12-15)27(25(36)29-19)13-18(27)14-3-5-16-20(11-14)33-34-22(16)30-23-21(38-2)24(32-26(28)31-23)35-7-9-39-10-8-35/h4,6,12,14,16,18,20,22,33-34H,3,5,7-11,13H2,1-2H3,(H,29,36)(H,30,31,32)/t14?,16?,18-,20?,22?,27-/m0/s1. The Morgan fingerprint density at radius 2 is 2.00 bits per heavy atom. The minimum Gasteiger partial charge on any atom is -0.497 e. The number of aromatic nitrogens is 2. The molecule has 0 bridgehead atoms. The molecule has 2 saturated carbocycles. The van der Waals surface area contributed by atoms with Crippen LogP contribution >= 0.6 is 11.6 Å². The van der Waals surface area contributed by atoms with Gasteiger partial charge in [-0.2, -0.15) is 9.97 Å². The number of nitrogens with zero attached hydrogens (tertiary/aromatic N) is 3. The Balaban J connectivity index is 1.06. The maximum atomic E-state index is 13.1. The molecule has 11 nitrogen and oxygen atoms in total. The molecule has 4 N–H and O–H groups in total. The van der Waals surface area contributed by atoms with E-state index in [4.69, 9.17) is 25.8 Å². The van der Waals surface area contributed by atoms with Crippen LogP contribution in [0.5, 0.6) is 11.5 Å².